The van der Waals surface area contributed by atoms with Crippen LogP contribution in [0.3, 0.4) is 0 Å². The summed E-state index contributed by atoms with van der Waals surface area (Å²) in [5, 5.41) is 3.43. The van der Waals surface area contributed by atoms with E-state index in [1.54, 1.807) is 12.1 Å². The van der Waals surface area contributed by atoms with E-state index in [2.05, 4.69) is 35.1 Å². The van der Waals surface area contributed by atoms with Crippen LogP contribution in [-0.2, 0) is 4.74 Å². The summed E-state index contributed by atoms with van der Waals surface area (Å²) in [5.41, 5.74) is 0.934. The quantitative estimate of drug-likeness (QED) is 0.915. The highest BCUT2D eigenvalue weighted by Crippen LogP contribution is 2.35. The zero-order valence-electron chi connectivity index (χ0n) is 10.7. The van der Waals surface area contributed by atoms with Crippen LogP contribution in [0, 0.1) is 11.7 Å². The summed E-state index contributed by atoms with van der Waals surface area (Å²) < 4.78 is 19.8. The van der Waals surface area contributed by atoms with E-state index in [0.29, 0.717) is 16.4 Å². The van der Waals surface area contributed by atoms with E-state index >= 15 is 0 Å². The molecular weight excluding hydrogens is 297 g/mol. The Morgan fingerprint density at radius 2 is 2.28 bits per heavy atom. The van der Waals surface area contributed by atoms with E-state index in [9.17, 15) is 4.39 Å². The van der Waals surface area contributed by atoms with Crippen molar-refractivity contribution in [3.05, 3.63) is 34.1 Å². The molecule has 0 amide bonds. The maximum atomic E-state index is 13.6. The van der Waals surface area contributed by atoms with Crippen LogP contribution in [-0.4, -0.2) is 19.2 Å². The van der Waals surface area contributed by atoms with Gasteiger partial charge in [0, 0.05) is 25.1 Å². The monoisotopic (exact) mass is 315 g/mol. The minimum Gasteiger partial charge on any atom is -0.373 e. The molecule has 0 bridgehead atoms. The summed E-state index contributed by atoms with van der Waals surface area (Å²) in [5.74, 6) is 0.201. The molecule has 2 nitrogen and oxygen atoms in total. The predicted octanol–water partition coefficient (Wildman–Crippen LogP) is 3.66. The van der Waals surface area contributed by atoms with Crippen molar-refractivity contribution in [2.45, 2.75) is 32.4 Å². The van der Waals surface area contributed by atoms with Gasteiger partial charge in [-0.25, -0.2) is 4.39 Å². The molecule has 2 rings (SSSR count). The van der Waals surface area contributed by atoms with Gasteiger partial charge >= 0.3 is 0 Å². The Bertz CT molecular complexity index is 411. The van der Waals surface area contributed by atoms with Gasteiger partial charge in [0.2, 0.25) is 0 Å². The third kappa shape index (κ3) is 3.31. The molecule has 100 valence electrons. The first kappa shape index (κ1) is 14.0. The molecule has 0 radical (unpaired) electrons. The first-order chi connectivity index (χ1) is 8.58. The molecule has 0 saturated carbocycles. The lowest BCUT2D eigenvalue weighted by atomic mass is 9.95. The van der Waals surface area contributed by atoms with Crippen LogP contribution < -0.4 is 5.32 Å². The molecule has 1 aromatic carbocycles. The summed E-state index contributed by atoms with van der Waals surface area (Å²) in [4.78, 5) is 0. The molecule has 18 heavy (non-hydrogen) atoms. The van der Waals surface area contributed by atoms with Crippen molar-refractivity contribution in [1.29, 1.82) is 0 Å². The second-order valence-corrected chi connectivity index (χ2v) is 5.93. The van der Waals surface area contributed by atoms with E-state index in [4.69, 9.17) is 4.74 Å². The summed E-state index contributed by atoms with van der Waals surface area (Å²) in [6.45, 7) is 5.93. The molecule has 2 unspecified atom stereocenters. The molecule has 1 aromatic rings. The third-order valence-electron chi connectivity index (χ3n) is 3.27. The van der Waals surface area contributed by atoms with Gasteiger partial charge in [0.05, 0.1) is 10.6 Å². The van der Waals surface area contributed by atoms with Gasteiger partial charge in [-0.3, -0.25) is 0 Å². The minimum absolute atomic E-state index is 0.0128. The Hall–Kier alpha value is -0.450. The topological polar surface area (TPSA) is 21.3 Å². The van der Waals surface area contributed by atoms with Crippen LogP contribution in [0.15, 0.2) is 22.7 Å². The van der Waals surface area contributed by atoms with Crippen molar-refractivity contribution in [2.75, 3.05) is 13.2 Å². The van der Waals surface area contributed by atoms with Gasteiger partial charge in [0.1, 0.15) is 5.82 Å². The number of ether oxygens (including phenoxy) is 1. The smallest absolute Gasteiger partial charge is 0.137 e. The fourth-order valence-corrected chi connectivity index (χ4v) is 2.53. The highest BCUT2D eigenvalue weighted by Gasteiger charge is 2.29. The summed E-state index contributed by atoms with van der Waals surface area (Å²) >= 11 is 3.17. The van der Waals surface area contributed by atoms with Crippen molar-refractivity contribution in [3.63, 3.8) is 0 Å². The largest absolute Gasteiger partial charge is 0.373 e. The Kier molecular flexibility index (Phi) is 4.76. The lowest BCUT2D eigenvalue weighted by molar-refractivity contribution is 0.0898. The van der Waals surface area contributed by atoms with Crippen LogP contribution in [0.2, 0.25) is 0 Å². The van der Waals surface area contributed by atoms with E-state index in [-0.39, 0.29) is 11.9 Å². The van der Waals surface area contributed by atoms with Gasteiger partial charge in [0.15, 0.2) is 0 Å². The lowest BCUT2D eigenvalue weighted by Gasteiger charge is -2.20. The zero-order chi connectivity index (χ0) is 13.1. The standard InChI is InChI=1S/C14H19BrFNO/c1-9(2)17-8-11-5-6-18-14(11)10-3-4-12(15)13(16)7-10/h3-4,7,9,11,14,17H,5-6,8H2,1-2H3. The Morgan fingerprint density at radius 3 is 2.94 bits per heavy atom. The Balaban J connectivity index is 2.08. The fraction of sp³-hybridized carbons (Fsp3) is 0.571. The van der Waals surface area contributed by atoms with Crippen molar-refractivity contribution < 1.29 is 9.13 Å². The van der Waals surface area contributed by atoms with E-state index in [0.717, 1.165) is 25.1 Å². The number of hydrogen-bond donors (Lipinski definition) is 1. The van der Waals surface area contributed by atoms with Crippen LogP contribution >= 0.6 is 15.9 Å². The summed E-state index contributed by atoms with van der Waals surface area (Å²) in [6, 6.07) is 5.72. The third-order valence-corrected chi connectivity index (χ3v) is 3.92. The molecule has 1 saturated heterocycles. The summed E-state index contributed by atoms with van der Waals surface area (Å²) in [7, 11) is 0. The van der Waals surface area contributed by atoms with Crippen molar-refractivity contribution in [2.24, 2.45) is 5.92 Å². The van der Waals surface area contributed by atoms with E-state index in [1.165, 1.54) is 0 Å². The van der Waals surface area contributed by atoms with Gasteiger partial charge in [0.25, 0.3) is 0 Å². The molecule has 1 fully saturated rings. The predicted molar refractivity (Wildman–Crippen MR) is 74.0 cm³/mol. The number of nitrogens with one attached hydrogen (secondary N) is 1. The molecule has 1 heterocycles. The Labute approximate surface area is 116 Å². The molecule has 2 atom stereocenters. The Morgan fingerprint density at radius 1 is 1.50 bits per heavy atom. The van der Waals surface area contributed by atoms with Crippen LogP contribution in [0.25, 0.3) is 0 Å². The van der Waals surface area contributed by atoms with Gasteiger partial charge in [-0.1, -0.05) is 19.9 Å². The molecule has 4 heteroatoms. The average molecular weight is 316 g/mol. The minimum atomic E-state index is -0.224. The number of rotatable bonds is 4. The maximum Gasteiger partial charge on any atom is 0.137 e. The van der Waals surface area contributed by atoms with Gasteiger partial charge < -0.3 is 10.1 Å². The normalized spacial score (nSPS) is 23.8. The SMILES string of the molecule is CC(C)NCC1CCOC1c1ccc(Br)c(F)c1. The summed E-state index contributed by atoms with van der Waals surface area (Å²) in [6.07, 6.45) is 1.04. The second kappa shape index (κ2) is 6.13. The van der Waals surface area contributed by atoms with Gasteiger partial charge in [-0.15, -0.1) is 0 Å². The van der Waals surface area contributed by atoms with Crippen molar-refractivity contribution in [1.82, 2.24) is 5.32 Å². The highest BCUT2D eigenvalue weighted by atomic mass is 79.9. The van der Waals surface area contributed by atoms with Crippen LogP contribution in [0.5, 0.6) is 0 Å². The fourth-order valence-electron chi connectivity index (χ4n) is 2.29. The number of halogens is 2. The highest BCUT2D eigenvalue weighted by molar-refractivity contribution is 9.10. The van der Waals surface area contributed by atoms with E-state index < -0.39 is 0 Å². The average Bonchev–Trinajstić information content (AvgIpc) is 2.78. The molecule has 0 spiro atoms. The second-order valence-electron chi connectivity index (χ2n) is 5.08. The molecular formula is C14H19BrFNO. The number of benzene rings is 1. The molecule has 1 aliphatic heterocycles. The van der Waals surface area contributed by atoms with Crippen molar-refractivity contribution in [3.8, 4) is 0 Å². The lowest BCUT2D eigenvalue weighted by Crippen LogP contribution is -2.30. The molecule has 1 N–H and O–H groups in total. The van der Waals surface area contributed by atoms with Gasteiger partial charge in [-0.2, -0.15) is 0 Å². The van der Waals surface area contributed by atoms with Gasteiger partial charge in [-0.05, 0) is 40.0 Å². The first-order valence-corrected chi connectivity index (χ1v) is 7.17. The molecule has 0 aromatic heterocycles. The molecule has 1 aliphatic rings. The molecule has 0 aliphatic carbocycles. The number of hydrogen-bond acceptors (Lipinski definition) is 2. The maximum absolute atomic E-state index is 13.6. The van der Waals surface area contributed by atoms with Crippen LogP contribution in [0.1, 0.15) is 31.9 Å². The van der Waals surface area contributed by atoms with E-state index in [1.807, 2.05) is 6.07 Å². The van der Waals surface area contributed by atoms with Crippen LogP contribution in [0.4, 0.5) is 4.39 Å². The zero-order valence-corrected chi connectivity index (χ0v) is 12.3. The first-order valence-electron chi connectivity index (χ1n) is 6.38. The van der Waals surface area contributed by atoms with Crippen molar-refractivity contribution >= 4 is 15.9 Å².